The molecule has 2 aliphatic rings. The molecular formula is C10H16F4O10S4. The molecule has 0 N–H and O–H groups in total. The molecule has 28 heavy (non-hydrogen) atoms. The van der Waals surface area contributed by atoms with Crippen LogP contribution >= 0.6 is 0 Å². The molecule has 10 nitrogen and oxygen atoms in total. The van der Waals surface area contributed by atoms with Crippen molar-refractivity contribution in [1.29, 1.82) is 0 Å². The Labute approximate surface area is 159 Å². The Hall–Kier alpha value is -0.530. The molecule has 0 aromatic carbocycles. The van der Waals surface area contributed by atoms with E-state index in [4.69, 9.17) is 0 Å². The van der Waals surface area contributed by atoms with Gasteiger partial charge in [0, 0.05) is 13.5 Å². The van der Waals surface area contributed by atoms with Crippen molar-refractivity contribution in [1.82, 2.24) is 0 Å². The second kappa shape index (κ2) is 8.31. The first-order valence-electron chi connectivity index (χ1n) is 6.98. The second-order valence-electron chi connectivity index (χ2n) is 5.73. The fourth-order valence-electron chi connectivity index (χ4n) is 2.03. The standard InChI is InChI=1S/C5H7F3O4S2.C5H9FO6S2/c1-13(9)2-4(5(6,7)8)3-14(10,11)12-13;1-11-4-2-5(6)14(9,10)12-13(7,8)3-4/h4H,1-3H2;4-5H,2-3H2,1H3. The molecule has 2 heterocycles. The summed E-state index contributed by atoms with van der Waals surface area (Å²) in [7, 11) is -15.8. The quantitative estimate of drug-likeness (QED) is 0.342. The molecule has 0 saturated carbocycles. The van der Waals surface area contributed by atoms with Crippen LogP contribution in [0.5, 0.6) is 0 Å². The lowest BCUT2D eigenvalue weighted by Crippen LogP contribution is -2.41. The van der Waals surface area contributed by atoms with E-state index in [-0.39, 0.29) is 0 Å². The fourth-order valence-corrected chi connectivity index (χ4v) is 8.76. The summed E-state index contributed by atoms with van der Waals surface area (Å²) in [6.07, 6.45) is -6.25. The predicted molar refractivity (Wildman–Crippen MR) is 88.6 cm³/mol. The average molecular weight is 500 g/mol. The maximum atomic E-state index is 12.9. The molecule has 0 amide bonds. The number of rotatable bonds is 1. The smallest absolute Gasteiger partial charge is 0.380 e. The molecule has 2 rings (SSSR count). The van der Waals surface area contributed by atoms with Crippen molar-refractivity contribution in [2.75, 3.05) is 24.4 Å². The van der Waals surface area contributed by atoms with Crippen molar-refractivity contribution in [3.63, 3.8) is 0 Å². The highest BCUT2D eigenvalue weighted by molar-refractivity contribution is 8.05. The highest BCUT2D eigenvalue weighted by Crippen LogP contribution is 2.32. The van der Waals surface area contributed by atoms with Gasteiger partial charge >= 0.3 is 16.3 Å². The maximum absolute atomic E-state index is 12.9. The molecule has 0 spiro atoms. The lowest BCUT2D eigenvalue weighted by atomic mass is 10.2. The van der Waals surface area contributed by atoms with Crippen LogP contribution in [0.1, 0.15) is 6.42 Å². The van der Waals surface area contributed by atoms with Crippen LogP contribution in [0.25, 0.3) is 0 Å². The summed E-state index contributed by atoms with van der Waals surface area (Å²) in [5, 5.41) is 0. The average Bonchev–Trinajstić information content (AvgIpc) is 2.48. The van der Waals surface area contributed by atoms with Gasteiger partial charge in [-0.1, -0.05) is 0 Å². The summed E-state index contributed by atoms with van der Waals surface area (Å²) in [5.41, 5.74) is -2.37. The Balaban J connectivity index is 0.000000280. The van der Waals surface area contributed by atoms with E-state index in [0.29, 0.717) is 0 Å². The summed E-state index contributed by atoms with van der Waals surface area (Å²) >= 11 is 0. The van der Waals surface area contributed by atoms with Crippen LogP contribution in [0.15, 0.2) is 0 Å². The molecule has 0 aromatic rings. The predicted octanol–water partition coefficient (Wildman–Crippen LogP) is -0.467. The highest BCUT2D eigenvalue weighted by Gasteiger charge is 2.48. The van der Waals surface area contributed by atoms with Crippen molar-refractivity contribution < 1.29 is 59.0 Å². The van der Waals surface area contributed by atoms with Crippen LogP contribution in [0, 0.1) is 5.92 Å². The van der Waals surface area contributed by atoms with Gasteiger partial charge in [-0.05, 0) is 5.87 Å². The van der Waals surface area contributed by atoms with Crippen molar-refractivity contribution >= 4 is 46.0 Å². The van der Waals surface area contributed by atoms with E-state index < -0.39 is 87.5 Å². The minimum Gasteiger partial charge on any atom is -0.380 e. The van der Waals surface area contributed by atoms with E-state index in [1.165, 1.54) is 7.11 Å². The van der Waals surface area contributed by atoms with E-state index >= 15 is 0 Å². The molecule has 0 aromatic heterocycles. The first-order chi connectivity index (χ1) is 12.3. The Morgan fingerprint density at radius 2 is 1.43 bits per heavy atom. The number of halogens is 4. The molecular weight excluding hydrogens is 484 g/mol. The van der Waals surface area contributed by atoms with Gasteiger partial charge in [0.2, 0.25) is 5.50 Å². The van der Waals surface area contributed by atoms with Crippen LogP contribution in [0.4, 0.5) is 17.6 Å². The first-order valence-corrected chi connectivity index (χ1v) is 13.4. The number of hydrogen-bond acceptors (Lipinski definition) is 10. The summed E-state index contributed by atoms with van der Waals surface area (Å²) in [4.78, 5) is 0. The zero-order valence-corrected chi connectivity index (χ0v) is 17.3. The summed E-state index contributed by atoms with van der Waals surface area (Å²) < 4.78 is 138. The van der Waals surface area contributed by atoms with E-state index in [2.05, 4.69) is 17.9 Å². The van der Waals surface area contributed by atoms with E-state index in [1.807, 2.05) is 0 Å². The number of hydrogen-bond donors (Lipinski definition) is 0. The third kappa shape index (κ3) is 7.71. The number of alkyl halides is 4. The largest absolute Gasteiger partial charge is 0.393 e. The topological polar surface area (TPSA) is 147 Å². The molecule has 18 heteroatoms. The van der Waals surface area contributed by atoms with Gasteiger partial charge in [-0.15, -0.1) is 3.63 Å². The Morgan fingerprint density at radius 3 is 1.86 bits per heavy atom. The highest BCUT2D eigenvalue weighted by atomic mass is 32.3. The van der Waals surface area contributed by atoms with Crippen molar-refractivity contribution in [3.8, 4) is 0 Å². The molecule has 0 bridgehead atoms. The van der Waals surface area contributed by atoms with E-state index in [1.54, 1.807) is 0 Å². The van der Waals surface area contributed by atoms with Gasteiger partial charge in [-0.25, -0.2) is 8.60 Å². The molecule has 0 radical (unpaired) electrons. The summed E-state index contributed by atoms with van der Waals surface area (Å²) in [6, 6.07) is 0. The summed E-state index contributed by atoms with van der Waals surface area (Å²) in [6.45, 7) is 0. The Kier molecular flexibility index (Phi) is 7.57. The molecule has 4 unspecified atom stereocenters. The zero-order valence-electron chi connectivity index (χ0n) is 14.0. The number of methoxy groups -OCH3 is 1. The second-order valence-corrected chi connectivity index (χ2v) is 13.0. The molecule has 2 saturated heterocycles. The van der Waals surface area contributed by atoms with E-state index in [9.17, 15) is 47.0 Å². The Bertz CT molecular complexity index is 947. The third-order valence-electron chi connectivity index (χ3n) is 3.23. The minimum atomic E-state index is -4.70. The maximum Gasteiger partial charge on any atom is 0.393 e. The molecule has 168 valence electrons. The van der Waals surface area contributed by atoms with Crippen LogP contribution < -0.4 is 0 Å². The molecule has 2 fully saturated rings. The molecule has 2 aliphatic heterocycles. The van der Waals surface area contributed by atoms with Gasteiger partial charge in [0.25, 0.3) is 20.2 Å². The summed E-state index contributed by atoms with van der Waals surface area (Å²) in [5.74, 6) is -2.11. The van der Waals surface area contributed by atoms with Crippen molar-refractivity contribution in [2.24, 2.45) is 5.92 Å². The fraction of sp³-hybridized carbons (Fsp3) is 0.900. The van der Waals surface area contributed by atoms with Gasteiger partial charge in [-0.2, -0.15) is 42.1 Å². The van der Waals surface area contributed by atoms with Gasteiger partial charge in [0.05, 0.1) is 33.3 Å². The zero-order chi connectivity index (χ0) is 22.2. The first kappa shape index (κ1) is 25.5. The minimum absolute atomic E-state index is 0.544. The van der Waals surface area contributed by atoms with Crippen molar-refractivity contribution in [3.05, 3.63) is 0 Å². The van der Waals surface area contributed by atoms with Gasteiger partial charge in [-0.3, -0.25) is 0 Å². The van der Waals surface area contributed by atoms with Crippen LogP contribution in [0.3, 0.4) is 0 Å². The molecule has 4 atom stereocenters. The van der Waals surface area contributed by atoms with Gasteiger partial charge < -0.3 is 4.74 Å². The van der Waals surface area contributed by atoms with Crippen LogP contribution in [-0.4, -0.2) is 77.5 Å². The lowest BCUT2D eigenvalue weighted by Gasteiger charge is -2.25. The lowest BCUT2D eigenvalue weighted by molar-refractivity contribution is -0.163. The monoisotopic (exact) mass is 500 g/mol. The third-order valence-corrected chi connectivity index (χ3v) is 9.96. The van der Waals surface area contributed by atoms with Crippen LogP contribution in [-0.2, 0) is 52.2 Å². The number of ether oxygens (including phenoxy) is 1. The Morgan fingerprint density at radius 1 is 0.929 bits per heavy atom. The normalized spacial score (nSPS) is 37.1. The van der Waals surface area contributed by atoms with Gasteiger partial charge in [0.15, 0.2) is 0 Å². The van der Waals surface area contributed by atoms with Gasteiger partial charge in [0.1, 0.15) is 5.75 Å². The van der Waals surface area contributed by atoms with Crippen molar-refractivity contribution in [2.45, 2.75) is 24.2 Å². The SMILES string of the molecule is C=S1(=O)CC(C(F)(F)F)CS(=O)(=O)O1.COC1CC(F)S(=O)(=O)OS(=O)(=O)C1. The van der Waals surface area contributed by atoms with Crippen LogP contribution in [0.2, 0.25) is 0 Å². The molecule has 0 aliphatic carbocycles. The van der Waals surface area contributed by atoms with E-state index in [0.717, 1.165) is 0 Å².